The summed E-state index contributed by atoms with van der Waals surface area (Å²) in [7, 11) is 0. The second-order valence-corrected chi connectivity index (χ2v) is 5.75. The van der Waals surface area contributed by atoms with Crippen LogP contribution in [0.1, 0.15) is 36.2 Å². The largest absolute Gasteiger partial charge is 0.344 e. The molecule has 1 aromatic carbocycles. The number of nitrogens with zero attached hydrogens (tertiary/aromatic N) is 1. The molecule has 110 valence electrons. The molecular formula is C16H17FN2OS. The minimum atomic E-state index is -0.331. The van der Waals surface area contributed by atoms with Gasteiger partial charge in [0.1, 0.15) is 10.8 Å². The molecule has 1 heterocycles. The molecular weight excluding hydrogens is 287 g/mol. The first kappa shape index (κ1) is 15.4. The third-order valence-electron chi connectivity index (χ3n) is 3.01. The number of amides is 1. The van der Waals surface area contributed by atoms with Gasteiger partial charge in [0, 0.05) is 22.7 Å². The molecule has 2 aromatic rings. The number of halogens is 1. The zero-order valence-electron chi connectivity index (χ0n) is 12.2. The van der Waals surface area contributed by atoms with Gasteiger partial charge in [-0.2, -0.15) is 0 Å². The van der Waals surface area contributed by atoms with Crippen LogP contribution in [0.3, 0.4) is 0 Å². The maximum atomic E-state index is 13.6. The first-order valence-electron chi connectivity index (χ1n) is 6.63. The molecule has 1 atom stereocenters. The van der Waals surface area contributed by atoms with E-state index in [9.17, 15) is 9.18 Å². The van der Waals surface area contributed by atoms with Crippen molar-refractivity contribution in [1.82, 2.24) is 10.3 Å². The van der Waals surface area contributed by atoms with Crippen molar-refractivity contribution in [2.75, 3.05) is 0 Å². The van der Waals surface area contributed by atoms with Gasteiger partial charge in [-0.25, -0.2) is 9.37 Å². The van der Waals surface area contributed by atoms with Gasteiger partial charge in [-0.3, -0.25) is 4.79 Å². The van der Waals surface area contributed by atoms with Gasteiger partial charge in [0.15, 0.2) is 0 Å². The third kappa shape index (κ3) is 3.98. The first-order valence-corrected chi connectivity index (χ1v) is 7.51. The van der Waals surface area contributed by atoms with Crippen molar-refractivity contribution in [3.8, 4) is 0 Å². The highest BCUT2D eigenvalue weighted by Crippen LogP contribution is 2.19. The van der Waals surface area contributed by atoms with Crippen molar-refractivity contribution in [3.05, 3.63) is 57.8 Å². The summed E-state index contributed by atoms with van der Waals surface area (Å²) in [5.41, 5.74) is 1.97. The lowest BCUT2D eigenvalue weighted by atomic mass is 10.1. The van der Waals surface area contributed by atoms with Crippen LogP contribution in [0, 0.1) is 12.7 Å². The zero-order valence-corrected chi connectivity index (χ0v) is 13.0. The van der Waals surface area contributed by atoms with Crippen LogP contribution in [0.2, 0.25) is 0 Å². The van der Waals surface area contributed by atoms with Crippen molar-refractivity contribution < 1.29 is 9.18 Å². The summed E-state index contributed by atoms with van der Waals surface area (Å²) < 4.78 is 13.6. The Hall–Kier alpha value is -2.01. The number of nitrogens with one attached hydrogen (secondary N) is 1. The van der Waals surface area contributed by atoms with Crippen LogP contribution in [0.4, 0.5) is 4.39 Å². The summed E-state index contributed by atoms with van der Waals surface area (Å²) >= 11 is 1.51. The van der Waals surface area contributed by atoms with E-state index in [0.717, 1.165) is 10.7 Å². The quantitative estimate of drug-likeness (QED) is 0.871. The minimum Gasteiger partial charge on any atom is -0.344 e. The maximum Gasteiger partial charge on any atom is 0.244 e. The maximum absolute atomic E-state index is 13.6. The lowest BCUT2D eigenvalue weighted by Crippen LogP contribution is -2.24. The molecule has 1 N–H and O–H groups in total. The Morgan fingerprint density at radius 3 is 2.76 bits per heavy atom. The molecule has 1 aromatic heterocycles. The second kappa shape index (κ2) is 6.63. The molecule has 0 radical (unpaired) electrons. The van der Waals surface area contributed by atoms with Crippen LogP contribution in [-0.4, -0.2) is 10.9 Å². The molecule has 0 saturated heterocycles. The third-order valence-corrected chi connectivity index (χ3v) is 4.16. The van der Waals surface area contributed by atoms with Crippen molar-refractivity contribution in [3.63, 3.8) is 0 Å². The van der Waals surface area contributed by atoms with Gasteiger partial charge in [0.05, 0.1) is 6.04 Å². The van der Waals surface area contributed by atoms with E-state index in [1.807, 2.05) is 19.2 Å². The van der Waals surface area contributed by atoms with Gasteiger partial charge in [-0.05, 0) is 32.4 Å². The average Bonchev–Trinajstić information content (AvgIpc) is 2.85. The number of rotatable bonds is 4. The highest BCUT2D eigenvalue weighted by atomic mass is 32.1. The second-order valence-electron chi connectivity index (χ2n) is 4.86. The van der Waals surface area contributed by atoms with E-state index in [0.29, 0.717) is 11.1 Å². The van der Waals surface area contributed by atoms with Crippen LogP contribution >= 0.6 is 11.3 Å². The number of allylic oxidation sites excluding steroid dienone is 1. The fraction of sp³-hybridized carbons (Fsp3) is 0.250. The van der Waals surface area contributed by atoms with E-state index in [-0.39, 0.29) is 17.8 Å². The number of carbonyl (C=O) groups excluding carboxylic acids is 1. The lowest BCUT2D eigenvalue weighted by molar-refractivity contribution is -0.117. The van der Waals surface area contributed by atoms with Crippen molar-refractivity contribution in [2.45, 2.75) is 26.8 Å². The average molecular weight is 304 g/mol. The van der Waals surface area contributed by atoms with Crippen LogP contribution in [0.5, 0.6) is 0 Å². The van der Waals surface area contributed by atoms with Gasteiger partial charge in [-0.1, -0.05) is 18.2 Å². The summed E-state index contributed by atoms with van der Waals surface area (Å²) in [5, 5.41) is 5.64. The lowest BCUT2D eigenvalue weighted by Gasteiger charge is -2.10. The highest BCUT2D eigenvalue weighted by Gasteiger charge is 2.12. The molecule has 1 unspecified atom stereocenters. The Labute approximate surface area is 127 Å². The molecule has 0 bridgehead atoms. The fourth-order valence-electron chi connectivity index (χ4n) is 1.94. The molecule has 2 rings (SSSR count). The number of carbonyl (C=O) groups is 1. The SMILES string of the molecule is C/C(=C\C(=O)NC(C)c1nc(C)cs1)c1ccccc1F. The van der Waals surface area contributed by atoms with Gasteiger partial charge < -0.3 is 5.32 Å². The Morgan fingerprint density at radius 1 is 1.43 bits per heavy atom. The minimum absolute atomic E-state index is 0.166. The molecule has 0 aliphatic heterocycles. The van der Waals surface area contributed by atoms with Crippen molar-refractivity contribution in [1.29, 1.82) is 0 Å². The summed E-state index contributed by atoms with van der Waals surface area (Å²) in [5.74, 6) is -0.584. The van der Waals surface area contributed by atoms with Gasteiger partial charge in [-0.15, -0.1) is 11.3 Å². The molecule has 0 spiro atoms. The Morgan fingerprint density at radius 2 is 2.14 bits per heavy atom. The monoisotopic (exact) mass is 304 g/mol. The number of benzene rings is 1. The molecule has 0 aliphatic carbocycles. The van der Waals surface area contributed by atoms with E-state index in [1.165, 1.54) is 23.5 Å². The van der Waals surface area contributed by atoms with Crippen LogP contribution in [0.25, 0.3) is 5.57 Å². The predicted molar refractivity (Wildman–Crippen MR) is 83.5 cm³/mol. The number of aromatic nitrogens is 1. The van der Waals surface area contributed by atoms with Crippen LogP contribution in [0.15, 0.2) is 35.7 Å². The smallest absolute Gasteiger partial charge is 0.244 e. The first-order chi connectivity index (χ1) is 9.97. The topological polar surface area (TPSA) is 42.0 Å². The van der Waals surface area contributed by atoms with Crippen molar-refractivity contribution >= 4 is 22.8 Å². The molecule has 0 aliphatic rings. The molecule has 0 fully saturated rings. The van der Waals surface area contributed by atoms with Crippen LogP contribution < -0.4 is 5.32 Å². The molecule has 3 nitrogen and oxygen atoms in total. The Balaban J connectivity index is 2.07. The normalized spacial score (nSPS) is 13.0. The van der Waals surface area contributed by atoms with E-state index in [1.54, 1.807) is 25.1 Å². The van der Waals surface area contributed by atoms with Gasteiger partial charge in [0.2, 0.25) is 5.91 Å². The van der Waals surface area contributed by atoms with E-state index in [4.69, 9.17) is 0 Å². The standard InChI is InChI=1S/C16H17FN2OS/c1-10(13-6-4-5-7-14(13)17)8-15(20)19-12(3)16-18-11(2)9-21-16/h4-9,12H,1-3H3,(H,19,20)/b10-8+. The molecule has 0 saturated carbocycles. The molecule has 21 heavy (non-hydrogen) atoms. The van der Waals surface area contributed by atoms with Gasteiger partial charge in [0.25, 0.3) is 0 Å². The fourth-order valence-corrected chi connectivity index (χ4v) is 2.75. The molecule has 1 amide bonds. The number of hydrogen-bond donors (Lipinski definition) is 1. The summed E-state index contributed by atoms with van der Waals surface area (Å²) in [4.78, 5) is 16.3. The Kier molecular flexibility index (Phi) is 4.85. The van der Waals surface area contributed by atoms with E-state index >= 15 is 0 Å². The number of hydrogen-bond acceptors (Lipinski definition) is 3. The highest BCUT2D eigenvalue weighted by molar-refractivity contribution is 7.09. The molecule has 5 heteroatoms. The summed E-state index contributed by atoms with van der Waals surface area (Å²) in [6, 6.07) is 6.24. The van der Waals surface area contributed by atoms with E-state index < -0.39 is 0 Å². The summed E-state index contributed by atoms with van der Waals surface area (Å²) in [6.07, 6.45) is 1.41. The number of thiazole rings is 1. The number of aryl methyl sites for hydroxylation is 1. The predicted octanol–water partition coefficient (Wildman–Crippen LogP) is 3.87. The summed E-state index contributed by atoms with van der Waals surface area (Å²) in [6.45, 7) is 5.51. The van der Waals surface area contributed by atoms with Gasteiger partial charge >= 0.3 is 0 Å². The van der Waals surface area contributed by atoms with Crippen molar-refractivity contribution in [2.24, 2.45) is 0 Å². The van der Waals surface area contributed by atoms with E-state index in [2.05, 4.69) is 10.3 Å². The van der Waals surface area contributed by atoms with Crippen LogP contribution in [-0.2, 0) is 4.79 Å². The Bertz CT molecular complexity index is 678. The zero-order chi connectivity index (χ0) is 15.4.